The Bertz CT molecular complexity index is 890. The number of carbonyl (C=O) groups excluding carboxylic acids is 1. The topological polar surface area (TPSA) is 104 Å². The van der Waals surface area contributed by atoms with Gasteiger partial charge < -0.3 is 19.8 Å². The Hall–Kier alpha value is -3.45. The predicted molar refractivity (Wildman–Crippen MR) is 126 cm³/mol. The lowest BCUT2D eigenvalue weighted by atomic mass is 9.88. The summed E-state index contributed by atoms with van der Waals surface area (Å²) in [6, 6.07) is 21.3. The molecule has 1 aliphatic rings. The number of hydrogen-bond acceptors (Lipinski definition) is 5. The number of carbonyl (C=O) groups is 3. The summed E-state index contributed by atoms with van der Waals surface area (Å²) in [5, 5.41) is 14.8. The van der Waals surface area contributed by atoms with Crippen molar-refractivity contribution in [2.24, 2.45) is 0 Å². The standard InChI is InChI=1S/C24H29NO2.C2H2O4/c1-19(2)27-23(26)15-18-25-16-13-22(14-17-25)24(20-9-5-3-6-10-20)21-11-7-4-8-12-21;3-1(4)2(5)6/h3-12,19H,13-18H2,1-2H3;(H,3,4)(H,5,6). The van der Waals surface area contributed by atoms with Crippen LogP contribution in [0.4, 0.5) is 0 Å². The number of esters is 1. The lowest BCUT2D eigenvalue weighted by Crippen LogP contribution is -2.33. The average Bonchev–Trinajstić information content (AvgIpc) is 2.80. The molecule has 0 unspecified atom stereocenters. The van der Waals surface area contributed by atoms with Crippen LogP contribution >= 0.6 is 0 Å². The summed E-state index contributed by atoms with van der Waals surface area (Å²) in [6.45, 7) is 6.56. The first-order valence-electron chi connectivity index (χ1n) is 11.0. The fourth-order valence-electron chi connectivity index (χ4n) is 3.65. The van der Waals surface area contributed by atoms with Crippen molar-refractivity contribution < 1.29 is 29.3 Å². The van der Waals surface area contributed by atoms with Gasteiger partial charge in [-0.15, -0.1) is 0 Å². The number of piperidine rings is 1. The van der Waals surface area contributed by atoms with E-state index in [2.05, 4.69) is 65.6 Å². The molecule has 2 aromatic carbocycles. The van der Waals surface area contributed by atoms with Gasteiger partial charge in [-0.1, -0.05) is 66.2 Å². The monoisotopic (exact) mass is 453 g/mol. The lowest BCUT2D eigenvalue weighted by molar-refractivity contribution is -0.159. The molecular formula is C26H31NO6. The van der Waals surface area contributed by atoms with Crippen molar-refractivity contribution >= 4 is 23.5 Å². The molecule has 0 amide bonds. The highest BCUT2D eigenvalue weighted by Crippen LogP contribution is 2.32. The summed E-state index contributed by atoms with van der Waals surface area (Å²) in [7, 11) is 0. The molecule has 2 N–H and O–H groups in total. The number of benzene rings is 2. The average molecular weight is 454 g/mol. The molecule has 3 rings (SSSR count). The third-order valence-corrected chi connectivity index (χ3v) is 5.12. The zero-order valence-electron chi connectivity index (χ0n) is 19.1. The Morgan fingerprint density at radius 3 is 1.70 bits per heavy atom. The zero-order chi connectivity index (χ0) is 24.2. The van der Waals surface area contributed by atoms with Gasteiger partial charge in [-0.3, -0.25) is 4.79 Å². The molecule has 1 heterocycles. The summed E-state index contributed by atoms with van der Waals surface area (Å²) in [5.74, 6) is -3.74. The van der Waals surface area contributed by atoms with Gasteiger partial charge in [0.1, 0.15) is 0 Å². The van der Waals surface area contributed by atoms with Crippen molar-refractivity contribution in [2.75, 3.05) is 19.6 Å². The number of nitrogens with zero attached hydrogens (tertiary/aromatic N) is 1. The van der Waals surface area contributed by atoms with E-state index in [-0.39, 0.29) is 12.1 Å². The molecule has 0 radical (unpaired) electrons. The summed E-state index contributed by atoms with van der Waals surface area (Å²) in [6.07, 6.45) is 2.52. The largest absolute Gasteiger partial charge is 0.473 e. The van der Waals surface area contributed by atoms with Gasteiger partial charge in [-0.05, 0) is 43.4 Å². The van der Waals surface area contributed by atoms with E-state index >= 15 is 0 Å². The number of carboxylic acid groups (broad SMARTS) is 2. The Kier molecular flexibility index (Phi) is 10.3. The second-order valence-electron chi connectivity index (χ2n) is 7.95. The van der Waals surface area contributed by atoms with Crippen molar-refractivity contribution in [1.82, 2.24) is 4.90 Å². The predicted octanol–water partition coefficient (Wildman–Crippen LogP) is 4.08. The van der Waals surface area contributed by atoms with Crippen LogP contribution in [-0.2, 0) is 19.1 Å². The fraction of sp³-hybridized carbons (Fsp3) is 0.346. The summed E-state index contributed by atoms with van der Waals surface area (Å²) >= 11 is 0. The number of aliphatic carboxylic acids is 2. The molecule has 0 aromatic heterocycles. The maximum Gasteiger partial charge on any atom is 0.414 e. The quantitative estimate of drug-likeness (QED) is 0.502. The minimum absolute atomic E-state index is 0.0345. The number of hydrogen-bond donors (Lipinski definition) is 2. The highest BCUT2D eigenvalue weighted by molar-refractivity contribution is 6.27. The van der Waals surface area contributed by atoms with Gasteiger partial charge in [-0.2, -0.15) is 0 Å². The number of carboxylic acids is 2. The third-order valence-electron chi connectivity index (χ3n) is 5.12. The van der Waals surface area contributed by atoms with Gasteiger partial charge in [0.05, 0.1) is 12.5 Å². The van der Waals surface area contributed by atoms with E-state index < -0.39 is 11.9 Å². The second-order valence-corrected chi connectivity index (χ2v) is 7.95. The highest BCUT2D eigenvalue weighted by Gasteiger charge is 2.19. The number of ether oxygens (including phenoxy) is 1. The zero-order valence-corrected chi connectivity index (χ0v) is 19.1. The molecule has 1 saturated heterocycles. The van der Waals surface area contributed by atoms with Gasteiger partial charge in [-0.25, -0.2) is 9.59 Å². The van der Waals surface area contributed by atoms with Crippen LogP contribution in [0.2, 0.25) is 0 Å². The molecule has 176 valence electrons. The maximum absolute atomic E-state index is 11.8. The first kappa shape index (κ1) is 25.8. The first-order chi connectivity index (χ1) is 15.8. The van der Waals surface area contributed by atoms with Crippen molar-refractivity contribution in [3.8, 4) is 0 Å². The molecule has 0 aliphatic carbocycles. The van der Waals surface area contributed by atoms with E-state index in [4.69, 9.17) is 24.5 Å². The van der Waals surface area contributed by atoms with Gasteiger partial charge in [0.2, 0.25) is 0 Å². The van der Waals surface area contributed by atoms with E-state index in [1.165, 1.54) is 22.3 Å². The molecule has 7 heteroatoms. The maximum atomic E-state index is 11.8. The van der Waals surface area contributed by atoms with E-state index in [1.807, 2.05) is 13.8 Å². The molecule has 0 spiro atoms. The Balaban J connectivity index is 0.000000569. The van der Waals surface area contributed by atoms with Crippen LogP contribution in [0.5, 0.6) is 0 Å². The lowest BCUT2D eigenvalue weighted by Gasteiger charge is -2.30. The molecule has 0 bridgehead atoms. The van der Waals surface area contributed by atoms with E-state index in [9.17, 15) is 4.79 Å². The molecule has 7 nitrogen and oxygen atoms in total. The van der Waals surface area contributed by atoms with Crippen LogP contribution in [-0.4, -0.2) is 58.8 Å². The van der Waals surface area contributed by atoms with Crippen molar-refractivity contribution in [3.05, 3.63) is 77.4 Å². The van der Waals surface area contributed by atoms with Crippen LogP contribution in [0.15, 0.2) is 66.2 Å². The first-order valence-corrected chi connectivity index (χ1v) is 11.0. The van der Waals surface area contributed by atoms with Crippen molar-refractivity contribution in [2.45, 2.75) is 39.2 Å². The Morgan fingerprint density at radius 2 is 1.30 bits per heavy atom. The van der Waals surface area contributed by atoms with Crippen LogP contribution in [0.1, 0.15) is 44.2 Å². The Labute approximate surface area is 194 Å². The Morgan fingerprint density at radius 1 is 0.848 bits per heavy atom. The molecule has 33 heavy (non-hydrogen) atoms. The molecule has 0 atom stereocenters. The van der Waals surface area contributed by atoms with Crippen LogP contribution in [0.25, 0.3) is 5.57 Å². The van der Waals surface area contributed by atoms with E-state index in [0.717, 1.165) is 32.5 Å². The minimum atomic E-state index is -1.82. The summed E-state index contributed by atoms with van der Waals surface area (Å²) in [5.41, 5.74) is 5.45. The third kappa shape index (κ3) is 8.90. The van der Waals surface area contributed by atoms with E-state index in [0.29, 0.717) is 6.42 Å². The molecule has 1 aliphatic heterocycles. The van der Waals surface area contributed by atoms with E-state index in [1.54, 1.807) is 0 Å². The smallest absolute Gasteiger partial charge is 0.414 e. The fourth-order valence-corrected chi connectivity index (χ4v) is 3.65. The minimum Gasteiger partial charge on any atom is -0.473 e. The van der Waals surface area contributed by atoms with Crippen LogP contribution in [0.3, 0.4) is 0 Å². The SMILES string of the molecule is CC(C)OC(=O)CCN1CCC(=C(c2ccccc2)c2ccccc2)CC1.O=C(O)C(=O)O. The van der Waals surface area contributed by atoms with Crippen LogP contribution < -0.4 is 0 Å². The molecule has 1 fully saturated rings. The second kappa shape index (κ2) is 13.2. The highest BCUT2D eigenvalue weighted by atomic mass is 16.5. The number of rotatable bonds is 6. The van der Waals surface area contributed by atoms with Gasteiger partial charge in [0.25, 0.3) is 0 Å². The van der Waals surface area contributed by atoms with Gasteiger partial charge in [0, 0.05) is 19.6 Å². The molecular weight excluding hydrogens is 422 g/mol. The summed E-state index contributed by atoms with van der Waals surface area (Å²) < 4.78 is 5.24. The summed E-state index contributed by atoms with van der Waals surface area (Å²) in [4.78, 5) is 32.4. The van der Waals surface area contributed by atoms with Crippen molar-refractivity contribution in [3.63, 3.8) is 0 Å². The van der Waals surface area contributed by atoms with Crippen LogP contribution in [0, 0.1) is 0 Å². The molecule has 2 aromatic rings. The van der Waals surface area contributed by atoms with Gasteiger partial charge >= 0.3 is 17.9 Å². The van der Waals surface area contributed by atoms with Crippen molar-refractivity contribution in [1.29, 1.82) is 0 Å². The normalized spacial score (nSPS) is 13.6. The number of likely N-dealkylation sites (tertiary alicyclic amines) is 1. The van der Waals surface area contributed by atoms with Gasteiger partial charge in [0.15, 0.2) is 0 Å². The molecule has 0 saturated carbocycles.